The summed E-state index contributed by atoms with van der Waals surface area (Å²) in [6, 6.07) is 10.7. The molecule has 0 aromatic heterocycles. The van der Waals surface area contributed by atoms with Crippen molar-refractivity contribution in [3.63, 3.8) is 0 Å². The summed E-state index contributed by atoms with van der Waals surface area (Å²) in [5, 5.41) is 0. The van der Waals surface area contributed by atoms with E-state index in [0.717, 1.165) is 25.9 Å². The minimum absolute atomic E-state index is 0.00819. The Balaban J connectivity index is 3.28. The van der Waals surface area contributed by atoms with Gasteiger partial charge in [-0.2, -0.15) is 0 Å². The molecule has 0 heterocycles. The molecule has 0 aliphatic heterocycles. The number of hydrogen-bond acceptors (Lipinski definition) is 1. The standard InChI is InChI=1S/C17H25N/c1-5-14-17(15-6-2,18(7-3)8-4)16-12-10-9-11-13-16/h5-6,9-13H,1-2,7-8,14-15H2,3-4H3. The van der Waals surface area contributed by atoms with Gasteiger partial charge in [-0.15, -0.1) is 13.2 Å². The van der Waals surface area contributed by atoms with E-state index in [4.69, 9.17) is 0 Å². The van der Waals surface area contributed by atoms with Crippen LogP contribution in [0.3, 0.4) is 0 Å². The molecule has 1 aromatic carbocycles. The highest BCUT2D eigenvalue weighted by atomic mass is 15.2. The highest BCUT2D eigenvalue weighted by Crippen LogP contribution is 2.36. The minimum Gasteiger partial charge on any atom is -0.294 e. The third-order valence-corrected chi connectivity index (χ3v) is 3.64. The molecule has 0 atom stereocenters. The van der Waals surface area contributed by atoms with Crippen LogP contribution in [0, 0.1) is 0 Å². The Morgan fingerprint density at radius 3 is 1.89 bits per heavy atom. The monoisotopic (exact) mass is 243 g/mol. The van der Waals surface area contributed by atoms with Gasteiger partial charge in [-0.05, 0) is 31.5 Å². The molecular weight excluding hydrogens is 218 g/mol. The first-order chi connectivity index (χ1) is 8.75. The van der Waals surface area contributed by atoms with Gasteiger partial charge in [-0.3, -0.25) is 4.90 Å². The summed E-state index contributed by atoms with van der Waals surface area (Å²) in [7, 11) is 0. The predicted molar refractivity (Wildman–Crippen MR) is 80.7 cm³/mol. The zero-order chi connectivity index (χ0) is 13.4. The SMILES string of the molecule is C=CCC(CC=C)(c1ccccc1)N(CC)CC. The van der Waals surface area contributed by atoms with Crippen LogP contribution in [0.4, 0.5) is 0 Å². The molecule has 0 amide bonds. The summed E-state index contributed by atoms with van der Waals surface area (Å²) in [5.41, 5.74) is 1.36. The fraction of sp³-hybridized carbons (Fsp3) is 0.412. The zero-order valence-electron chi connectivity index (χ0n) is 11.7. The topological polar surface area (TPSA) is 3.24 Å². The van der Waals surface area contributed by atoms with Crippen molar-refractivity contribution in [2.75, 3.05) is 13.1 Å². The van der Waals surface area contributed by atoms with Crippen molar-refractivity contribution in [3.8, 4) is 0 Å². The Hall–Kier alpha value is -1.34. The molecular formula is C17H25N. The average Bonchev–Trinajstić information content (AvgIpc) is 2.41. The predicted octanol–water partition coefficient (Wildman–Crippen LogP) is 4.38. The molecule has 0 aliphatic rings. The summed E-state index contributed by atoms with van der Waals surface area (Å²) >= 11 is 0. The van der Waals surface area contributed by atoms with Crippen LogP contribution in [0.25, 0.3) is 0 Å². The molecule has 1 aromatic rings. The molecule has 0 N–H and O–H groups in total. The normalized spacial score (nSPS) is 11.5. The number of rotatable bonds is 8. The molecule has 0 radical (unpaired) electrons. The lowest BCUT2D eigenvalue weighted by molar-refractivity contribution is 0.102. The van der Waals surface area contributed by atoms with Gasteiger partial charge in [-0.1, -0.05) is 56.3 Å². The van der Waals surface area contributed by atoms with E-state index in [9.17, 15) is 0 Å². The fourth-order valence-corrected chi connectivity index (χ4v) is 2.81. The van der Waals surface area contributed by atoms with Gasteiger partial charge < -0.3 is 0 Å². The van der Waals surface area contributed by atoms with E-state index in [2.05, 4.69) is 62.2 Å². The van der Waals surface area contributed by atoms with Crippen LogP contribution < -0.4 is 0 Å². The van der Waals surface area contributed by atoms with E-state index in [1.54, 1.807) is 0 Å². The van der Waals surface area contributed by atoms with E-state index in [1.165, 1.54) is 5.56 Å². The van der Waals surface area contributed by atoms with Crippen molar-refractivity contribution in [2.24, 2.45) is 0 Å². The first kappa shape index (κ1) is 14.7. The van der Waals surface area contributed by atoms with E-state index < -0.39 is 0 Å². The van der Waals surface area contributed by atoms with Crippen LogP contribution in [0.1, 0.15) is 32.3 Å². The van der Waals surface area contributed by atoms with Crippen LogP contribution in [0.2, 0.25) is 0 Å². The maximum atomic E-state index is 3.94. The Kier molecular flexibility index (Phi) is 5.87. The van der Waals surface area contributed by atoms with Crippen molar-refractivity contribution in [1.29, 1.82) is 0 Å². The Morgan fingerprint density at radius 2 is 1.50 bits per heavy atom. The Bertz CT molecular complexity index is 352. The van der Waals surface area contributed by atoms with E-state index in [-0.39, 0.29) is 5.54 Å². The molecule has 0 fully saturated rings. The molecule has 1 rings (SSSR count). The molecule has 0 spiro atoms. The van der Waals surface area contributed by atoms with E-state index >= 15 is 0 Å². The van der Waals surface area contributed by atoms with Gasteiger partial charge in [0.2, 0.25) is 0 Å². The summed E-state index contributed by atoms with van der Waals surface area (Å²) < 4.78 is 0. The van der Waals surface area contributed by atoms with Gasteiger partial charge in [0, 0.05) is 0 Å². The summed E-state index contributed by atoms with van der Waals surface area (Å²) in [5.74, 6) is 0. The lowest BCUT2D eigenvalue weighted by Gasteiger charge is -2.43. The van der Waals surface area contributed by atoms with Gasteiger partial charge in [-0.25, -0.2) is 0 Å². The second-order valence-corrected chi connectivity index (χ2v) is 4.56. The van der Waals surface area contributed by atoms with Crippen LogP contribution in [-0.4, -0.2) is 18.0 Å². The number of nitrogens with zero attached hydrogens (tertiary/aromatic N) is 1. The largest absolute Gasteiger partial charge is 0.294 e. The molecule has 1 heteroatoms. The quantitative estimate of drug-likeness (QED) is 0.613. The second-order valence-electron chi connectivity index (χ2n) is 4.56. The minimum atomic E-state index is 0.00819. The van der Waals surface area contributed by atoms with Crippen LogP contribution in [0.15, 0.2) is 55.6 Å². The van der Waals surface area contributed by atoms with Crippen molar-refractivity contribution in [3.05, 3.63) is 61.2 Å². The molecule has 98 valence electrons. The molecule has 1 nitrogen and oxygen atoms in total. The maximum Gasteiger partial charge on any atom is 0.0528 e. The molecule has 0 saturated carbocycles. The van der Waals surface area contributed by atoms with Crippen LogP contribution >= 0.6 is 0 Å². The van der Waals surface area contributed by atoms with Crippen molar-refractivity contribution < 1.29 is 0 Å². The maximum absolute atomic E-state index is 3.94. The Morgan fingerprint density at radius 1 is 1.00 bits per heavy atom. The molecule has 0 aliphatic carbocycles. The lowest BCUT2D eigenvalue weighted by atomic mass is 9.81. The van der Waals surface area contributed by atoms with Gasteiger partial charge in [0.25, 0.3) is 0 Å². The van der Waals surface area contributed by atoms with Crippen LogP contribution in [0.5, 0.6) is 0 Å². The lowest BCUT2D eigenvalue weighted by Crippen LogP contribution is -2.45. The van der Waals surface area contributed by atoms with Crippen molar-refractivity contribution in [1.82, 2.24) is 4.90 Å². The summed E-state index contributed by atoms with van der Waals surface area (Å²) in [4.78, 5) is 2.51. The number of benzene rings is 1. The second kappa shape index (κ2) is 7.17. The first-order valence-electron chi connectivity index (χ1n) is 6.77. The third kappa shape index (κ3) is 2.91. The van der Waals surface area contributed by atoms with Crippen LogP contribution in [-0.2, 0) is 5.54 Å². The summed E-state index contributed by atoms with van der Waals surface area (Å²) in [6.45, 7) is 14.4. The van der Waals surface area contributed by atoms with Crippen molar-refractivity contribution in [2.45, 2.75) is 32.2 Å². The first-order valence-corrected chi connectivity index (χ1v) is 6.77. The van der Waals surface area contributed by atoms with Crippen molar-refractivity contribution >= 4 is 0 Å². The third-order valence-electron chi connectivity index (χ3n) is 3.64. The van der Waals surface area contributed by atoms with E-state index in [1.807, 2.05) is 12.2 Å². The molecule has 0 bridgehead atoms. The average molecular weight is 243 g/mol. The zero-order valence-corrected chi connectivity index (χ0v) is 11.7. The summed E-state index contributed by atoms with van der Waals surface area (Å²) in [6.07, 6.45) is 5.94. The number of hydrogen-bond donors (Lipinski definition) is 0. The van der Waals surface area contributed by atoms with E-state index in [0.29, 0.717) is 0 Å². The molecule has 0 unspecified atom stereocenters. The van der Waals surface area contributed by atoms with Gasteiger partial charge in [0.15, 0.2) is 0 Å². The molecule has 18 heavy (non-hydrogen) atoms. The Labute approximate surface area is 112 Å². The van der Waals surface area contributed by atoms with Gasteiger partial charge >= 0.3 is 0 Å². The van der Waals surface area contributed by atoms with Gasteiger partial charge in [0.05, 0.1) is 5.54 Å². The van der Waals surface area contributed by atoms with Gasteiger partial charge in [0.1, 0.15) is 0 Å². The highest BCUT2D eigenvalue weighted by Gasteiger charge is 2.34. The molecule has 0 saturated heterocycles. The highest BCUT2D eigenvalue weighted by molar-refractivity contribution is 5.27. The smallest absolute Gasteiger partial charge is 0.0528 e. The fourth-order valence-electron chi connectivity index (χ4n) is 2.81.